The summed E-state index contributed by atoms with van der Waals surface area (Å²) in [5.74, 6) is -0.00470. The second-order valence-electron chi connectivity index (χ2n) is 5.48. The number of hydrogen-bond acceptors (Lipinski definition) is 3. The Labute approximate surface area is 104 Å². The van der Waals surface area contributed by atoms with Gasteiger partial charge in [0.1, 0.15) is 5.54 Å². The van der Waals surface area contributed by atoms with Crippen molar-refractivity contribution in [1.29, 1.82) is 0 Å². The molecule has 0 aromatic carbocycles. The number of carboxylic acids is 1. The highest BCUT2D eigenvalue weighted by atomic mass is 16.4. The molecule has 4 heteroatoms. The van der Waals surface area contributed by atoms with Crippen molar-refractivity contribution in [3.8, 4) is 0 Å². The Morgan fingerprint density at radius 3 is 2.59 bits per heavy atom. The average molecular weight is 242 g/mol. The number of carboxylic acid groups (broad SMARTS) is 1. The van der Waals surface area contributed by atoms with Crippen molar-refractivity contribution in [3.05, 3.63) is 0 Å². The molecule has 0 spiro atoms. The Morgan fingerprint density at radius 1 is 1.53 bits per heavy atom. The van der Waals surface area contributed by atoms with Crippen molar-refractivity contribution < 1.29 is 9.90 Å². The van der Waals surface area contributed by atoms with E-state index in [1.54, 1.807) is 0 Å². The van der Waals surface area contributed by atoms with E-state index in [1.807, 2.05) is 6.92 Å². The Kier molecular flexibility index (Phi) is 5.40. The van der Waals surface area contributed by atoms with Crippen molar-refractivity contribution in [2.45, 2.75) is 51.0 Å². The van der Waals surface area contributed by atoms with Crippen LogP contribution in [0.5, 0.6) is 0 Å². The number of nitrogens with two attached hydrogens (primary N) is 1. The highest BCUT2D eigenvalue weighted by molar-refractivity contribution is 5.78. The predicted octanol–water partition coefficient (Wildman–Crippen LogP) is 1.69. The van der Waals surface area contributed by atoms with Crippen LogP contribution in [0.2, 0.25) is 0 Å². The molecule has 0 radical (unpaired) electrons. The van der Waals surface area contributed by atoms with Gasteiger partial charge in [-0.05, 0) is 51.6 Å². The molecule has 0 aromatic rings. The van der Waals surface area contributed by atoms with Gasteiger partial charge in [0.05, 0.1) is 0 Å². The van der Waals surface area contributed by atoms with E-state index in [-0.39, 0.29) is 0 Å². The second kappa shape index (κ2) is 6.36. The summed E-state index contributed by atoms with van der Waals surface area (Å²) in [4.78, 5) is 13.3. The van der Waals surface area contributed by atoms with Gasteiger partial charge in [-0.15, -0.1) is 0 Å². The van der Waals surface area contributed by atoms with Crippen molar-refractivity contribution in [2.24, 2.45) is 11.7 Å². The van der Waals surface area contributed by atoms with E-state index in [9.17, 15) is 4.79 Å². The van der Waals surface area contributed by atoms with Gasteiger partial charge in [0.2, 0.25) is 0 Å². The summed E-state index contributed by atoms with van der Waals surface area (Å²) < 4.78 is 0. The molecule has 1 aliphatic rings. The summed E-state index contributed by atoms with van der Waals surface area (Å²) in [7, 11) is 2.11. The van der Waals surface area contributed by atoms with E-state index in [1.165, 1.54) is 19.3 Å². The summed E-state index contributed by atoms with van der Waals surface area (Å²) in [5, 5.41) is 9.05. The Bertz CT molecular complexity index is 254. The average Bonchev–Trinajstić information content (AvgIpc) is 2.23. The Morgan fingerprint density at radius 2 is 2.18 bits per heavy atom. The van der Waals surface area contributed by atoms with Gasteiger partial charge in [-0.2, -0.15) is 0 Å². The molecule has 4 nitrogen and oxygen atoms in total. The summed E-state index contributed by atoms with van der Waals surface area (Å²) in [6.07, 6.45) is 6.01. The summed E-state index contributed by atoms with van der Waals surface area (Å²) >= 11 is 0. The topological polar surface area (TPSA) is 66.6 Å². The fourth-order valence-corrected chi connectivity index (χ4v) is 2.31. The minimum absolute atomic E-state index is 0.495. The number of carbonyl (C=O) groups is 1. The van der Waals surface area contributed by atoms with Gasteiger partial charge >= 0.3 is 5.97 Å². The first-order valence-electron chi connectivity index (χ1n) is 6.69. The van der Waals surface area contributed by atoms with Crippen molar-refractivity contribution in [1.82, 2.24) is 4.90 Å². The molecule has 0 amide bonds. The molecule has 1 atom stereocenters. The molecule has 1 aliphatic carbocycles. The number of hydrogen-bond donors (Lipinski definition) is 2. The van der Waals surface area contributed by atoms with Crippen LogP contribution in [0.25, 0.3) is 0 Å². The third-order valence-corrected chi connectivity index (χ3v) is 4.01. The molecular weight excluding hydrogens is 216 g/mol. The van der Waals surface area contributed by atoms with Crippen LogP contribution in [0, 0.1) is 5.92 Å². The molecule has 0 aliphatic heterocycles. The Hall–Kier alpha value is -0.610. The monoisotopic (exact) mass is 242 g/mol. The van der Waals surface area contributed by atoms with Crippen LogP contribution in [0.1, 0.15) is 45.4 Å². The quantitative estimate of drug-likeness (QED) is 0.680. The standard InChI is InChI=1S/C13H26N2O2/c1-3-13(14,12(16)17)8-5-9-15(2)10-11-6-4-7-11/h11H,3-10,14H2,1-2H3,(H,16,17). The summed E-state index contributed by atoms with van der Waals surface area (Å²) in [5.41, 5.74) is 4.82. The molecule has 1 unspecified atom stereocenters. The van der Waals surface area contributed by atoms with Crippen LogP contribution in [-0.4, -0.2) is 41.7 Å². The smallest absolute Gasteiger partial charge is 0.323 e. The van der Waals surface area contributed by atoms with Crippen molar-refractivity contribution in [3.63, 3.8) is 0 Å². The normalized spacial score (nSPS) is 20.0. The summed E-state index contributed by atoms with van der Waals surface area (Å²) in [6, 6.07) is 0. The molecule has 3 N–H and O–H groups in total. The Balaban J connectivity index is 2.18. The molecule has 1 fully saturated rings. The SMILES string of the molecule is CCC(N)(CCCN(C)CC1CCC1)C(=O)O. The van der Waals surface area contributed by atoms with Gasteiger partial charge in [-0.3, -0.25) is 4.79 Å². The number of nitrogens with zero attached hydrogens (tertiary/aromatic N) is 1. The van der Waals surface area contributed by atoms with E-state index < -0.39 is 11.5 Å². The van der Waals surface area contributed by atoms with Gasteiger partial charge < -0.3 is 15.7 Å². The molecule has 0 saturated heterocycles. The van der Waals surface area contributed by atoms with Crippen LogP contribution < -0.4 is 5.73 Å². The fraction of sp³-hybridized carbons (Fsp3) is 0.923. The van der Waals surface area contributed by atoms with Crippen LogP contribution in [-0.2, 0) is 4.79 Å². The second-order valence-corrected chi connectivity index (χ2v) is 5.48. The predicted molar refractivity (Wildman–Crippen MR) is 68.9 cm³/mol. The molecule has 0 aromatic heterocycles. The van der Waals surface area contributed by atoms with Crippen molar-refractivity contribution >= 4 is 5.97 Å². The van der Waals surface area contributed by atoms with Crippen LogP contribution >= 0.6 is 0 Å². The highest BCUT2D eigenvalue weighted by Crippen LogP contribution is 2.26. The van der Waals surface area contributed by atoms with Crippen LogP contribution in [0.4, 0.5) is 0 Å². The summed E-state index contributed by atoms with van der Waals surface area (Å²) in [6.45, 7) is 3.94. The molecule has 1 saturated carbocycles. The van der Waals surface area contributed by atoms with E-state index in [2.05, 4.69) is 11.9 Å². The maximum atomic E-state index is 11.0. The third kappa shape index (κ3) is 4.28. The first-order valence-corrected chi connectivity index (χ1v) is 6.69. The number of rotatable bonds is 8. The van der Waals surface area contributed by atoms with Crippen molar-refractivity contribution in [2.75, 3.05) is 20.1 Å². The zero-order valence-electron chi connectivity index (χ0n) is 11.1. The largest absolute Gasteiger partial charge is 0.480 e. The van der Waals surface area contributed by atoms with E-state index >= 15 is 0 Å². The fourth-order valence-electron chi connectivity index (χ4n) is 2.31. The molecule has 17 heavy (non-hydrogen) atoms. The lowest BCUT2D eigenvalue weighted by atomic mass is 9.85. The van der Waals surface area contributed by atoms with Gasteiger partial charge in [-0.25, -0.2) is 0 Å². The van der Waals surface area contributed by atoms with Gasteiger partial charge in [0.25, 0.3) is 0 Å². The van der Waals surface area contributed by atoms with Gasteiger partial charge in [-0.1, -0.05) is 13.3 Å². The lowest BCUT2D eigenvalue weighted by molar-refractivity contribution is -0.143. The first kappa shape index (κ1) is 14.5. The molecule has 0 heterocycles. The molecular formula is C13H26N2O2. The van der Waals surface area contributed by atoms with Crippen LogP contribution in [0.3, 0.4) is 0 Å². The molecule has 100 valence electrons. The molecule has 1 rings (SSSR count). The van der Waals surface area contributed by atoms with Gasteiger partial charge in [0.15, 0.2) is 0 Å². The van der Waals surface area contributed by atoms with Crippen LogP contribution in [0.15, 0.2) is 0 Å². The lowest BCUT2D eigenvalue weighted by Gasteiger charge is -2.31. The highest BCUT2D eigenvalue weighted by Gasteiger charge is 2.31. The zero-order chi connectivity index (χ0) is 12.9. The molecule has 0 bridgehead atoms. The minimum Gasteiger partial charge on any atom is -0.480 e. The third-order valence-electron chi connectivity index (χ3n) is 4.01. The maximum Gasteiger partial charge on any atom is 0.323 e. The van der Waals surface area contributed by atoms with E-state index in [0.29, 0.717) is 12.8 Å². The lowest BCUT2D eigenvalue weighted by Crippen LogP contribution is -2.47. The van der Waals surface area contributed by atoms with Gasteiger partial charge in [0, 0.05) is 6.54 Å². The van der Waals surface area contributed by atoms with E-state index in [0.717, 1.165) is 25.4 Å². The zero-order valence-corrected chi connectivity index (χ0v) is 11.1. The number of aliphatic carboxylic acids is 1. The maximum absolute atomic E-state index is 11.0. The van der Waals surface area contributed by atoms with E-state index in [4.69, 9.17) is 10.8 Å². The first-order chi connectivity index (χ1) is 7.98. The minimum atomic E-state index is -1.03.